The molecule has 0 amide bonds. The maximum absolute atomic E-state index is 12.7. The molecule has 1 unspecified atom stereocenters. The molecule has 1 aliphatic heterocycles. The SMILES string of the molecule is CCC1CN(S(=O)(=O)c2ccccc2NC)CCO1. The summed E-state index contributed by atoms with van der Waals surface area (Å²) in [6, 6.07) is 6.96. The van der Waals surface area contributed by atoms with E-state index in [1.54, 1.807) is 25.2 Å². The van der Waals surface area contributed by atoms with Crippen molar-refractivity contribution in [2.24, 2.45) is 0 Å². The van der Waals surface area contributed by atoms with Crippen LogP contribution in [0.1, 0.15) is 13.3 Å². The Morgan fingerprint density at radius 2 is 2.16 bits per heavy atom. The fourth-order valence-corrected chi connectivity index (χ4v) is 3.85. The molecule has 1 heterocycles. The molecule has 1 saturated heterocycles. The Kier molecular flexibility index (Phi) is 4.44. The summed E-state index contributed by atoms with van der Waals surface area (Å²) >= 11 is 0. The predicted octanol–water partition coefficient (Wildman–Crippen LogP) is 1.53. The van der Waals surface area contributed by atoms with Gasteiger partial charge in [-0.25, -0.2) is 8.42 Å². The summed E-state index contributed by atoms with van der Waals surface area (Å²) in [5.74, 6) is 0. The molecule has 0 aliphatic carbocycles. The van der Waals surface area contributed by atoms with Crippen LogP contribution < -0.4 is 5.32 Å². The topological polar surface area (TPSA) is 58.6 Å². The first kappa shape index (κ1) is 14.3. The molecule has 1 aromatic rings. The molecule has 0 spiro atoms. The minimum Gasteiger partial charge on any atom is -0.387 e. The highest BCUT2D eigenvalue weighted by Crippen LogP contribution is 2.25. The number of para-hydroxylation sites is 1. The summed E-state index contributed by atoms with van der Waals surface area (Å²) in [6.07, 6.45) is 0.810. The first-order valence-electron chi connectivity index (χ1n) is 6.48. The van der Waals surface area contributed by atoms with E-state index in [-0.39, 0.29) is 6.10 Å². The van der Waals surface area contributed by atoms with Gasteiger partial charge in [0.25, 0.3) is 0 Å². The molecule has 1 atom stereocenters. The van der Waals surface area contributed by atoms with E-state index in [4.69, 9.17) is 4.74 Å². The number of anilines is 1. The lowest BCUT2D eigenvalue weighted by molar-refractivity contribution is -0.00276. The van der Waals surface area contributed by atoms with Crippen LogP contribution >= 0.6 is 0 Å². The van der Waals surface area contributed by atoms with Gasteiger partial charge < -0.3 is 10.1 Å². The second kappa shape index (κ2) is 5.90. The lowest BCUT2D eigenvalue weighted by Gasteiger charge is -2.32. The zero-order chi connectivity index (χ0) is 13.9. The highest BCUT2D eigenvalue weighted by atomic mass is 32.2. The van der Waals surface area contributed by atoms with Gasteiger partial charge in [-0.1, -0.05) is 19.1 Å². The third-order valence-electron chi connectivity index (χ3n) is 3.33. The summed E-state index contributed by atoms with van der Waals surface area (Å²) < 4.78 is 32.4. The molecular formula is C13H20N2O3S. The number of hydrogen-bond acceptors (Lipinski definition) is 4. The molecule has 0 saturated carbocycles. The highest BCUT2D eigenvalue weighted by molar-refractivity contribution is 7.89. The summed E-state index contributed by atoms with van der Waals surface area (Å²) in [5, 5.41) is 2.93. The molecule has 1 aromatic carbocycles. The smallest absolute Gasteiger partial charge is 0.245 e. The molecule has 2 rings (SSSR count). The van der Waals surface area contributed by atoms with Crippen LogP contribution in [-0.4, -0.2) is 45.6 Å². The molecule has 1 fully saturated rings. The number of nitrogens with one attached hydrogen (secondary N) is 1. The molecule has 1 N–H and O–H groups in total. The average Bonchev–Trinajstić information content (AvgIpc) is 2.47. The lowest BCUT2D eigenvalue weighted by Crippen LogP contribution is -2.45. The number of sulfonamides is 1. The van der Waals surface area contributed by atoms with Crippen molar-refractivity contribution in [2.45, 2.75) is 24.3 Å². The first-order valence-corrected chi connectivity index (χ1v) is 7.92. The number of ether oxygens (including phenoxy) is 1. The number of rotatable bonds is 4. The van der Waals surface area contributed by atoms with Gasteiger partial charge in [0.05, 0.1) is 18.4 Å². The highest BCUT2D eigenvalue weighted by Gasteiger charge is 2.31. The Bertz CT molecular complexity index is 530. The second-order valence-corrected chi connectivity index (χ2v) is 6.42. The Hall–Kier alpha value is -1.11. The number of morpholine rings is 1. The van der Waals surface area contributed by atoms with E-state index in [2.05, 4.69) is 5.32 Å². The van der Waals surface area contributed by atoms with E-state index in [1.807, 2.05) is 13.0 Å². The molecule has 19 heavy (non-hydrogen) atoms. The Labute approximate surface area is 114 Å². The summed E-state index contributed by atoms with van der Waals surface area (Å²) in [6.45, 7) is 3.30. The van der Waals surface area contributed by atoms with Crippen molar-refractivity contribution >= 4 is 15.7 Å². The molecular weight excluding hydrogens is 264 g/mol. The van der Waals surface area contributed by atoms with Crippen molar-refractivity contribution in [1.29, 1.82) is 0 Å². The Morgan fingerprint density at radius 1 is 1.42 bits per heavy atom. The van der Waals surface area contributed by atoms with Crippen LogP contribution in [0.25, 0.3) is 0 Å². The quantitative estimate of drug-likeness (QED) is 0.911. The summed E-state index contributed by atoms with van der Waals surface area (Å²) in [5.41, 5.74) is 0.627. The Balaban J connectivity index is 2.31. The van der Waals surface area contributed by atoms with E-state index >= 15 is 0 Å². The molecule has 0 radical (unpaired) electrons. The summed E-state index contributed by atoms with van der Waals surface area (Å²) in [7, 11) is -1.73. The standard InChI is InChI=1S/C13H20N2O3S/c1-3-11-10-15(8-9-18-11)19(16,17)13-7-5-4-6-12(13)14-2/h4-7,11,14H,3,8-10H2,1-2H3. The molecule has 0 bridgehead atoms. The van der Waals surface area contributed by atoms with Gasteiger partial charge in [0.1, 0.15) is 4.90 Å². The fourth-order valence-electron chi connectivity index (χ4n) is 2.19. The van der Waals surface area contributed by atoms with Crippen LogP contribution in [0.2, 0.25) is 0 Å². The molecule has 0 aromatic heterocycles. The normalized spacial score (nSPS) is 21.3. The van der Waals surface area contributed by atoms with Gasteiger partial charge in [0.15, 0.2) is 0 Å². The van der Waals surface area contributed by atoms with E-state index < -0.39 is 10.0 Å². The third kappa shape index (κ3) is 2.91. The van der Waals surface area contributed by atoms with Crippen LogP contribution in [0.4, 0.5) is 5.69 Å². The first-order chi connectivity index (χ1) is 9.09. The van der Waals surface area contributed by atoms with Gasteiger partial charge in [0.2, 0.25) is 10.0 Å². The van der Waals surface area contributed by atoms with Crippen molar-refractivity contribution in [3.63, 3.8) is 0 Å². The van der Waals surface area contributed by atoms with Gasteiger partial charge in [-0.3, -0.25) is 0 Å². The van der Waals surface area contributed by atoms with E-state index in [0.29, 0.717) is 30.3 Å². The van der Waals surface area contributed by atoms with Crippen LogP contribution in [-0.2, 0) is 14.8 Å². The van der Waals surface area contributed by atoms with Crippen molar-refractivity contribution in [1.82, 2.24) is 4.31 Å². The van der Waals surface area contributed by atoms with Gasteiger partial charge in [-0.2, -0.15) is 4.31 Å². The van der Waals surface area contributed by atoms with E-state index in [9.17, 15) is 8.42 Å². The van der Waals surface area contributed by atoms with Crippen molar-refractivity contribution < 1.29 is 13.2 Å². The van der Waals surface area contributed by atoms with E-state index in [0.717, 1.165) is 6.42 Å². The zero-order valence-electron chi connectivity index (χ0n) is 11.3. The van der Waals surface area contributed by atoms with Gasteiger partial charge >= 0.3 is 0 Å². The van der Waals surface area contributed by atoms with Crippen molar-refractivity contribution in [3.05, 3.63) is 24.3 Å². The summed E-state index contributed by atoms with van der Waals surface area (Å²) in [4.78, 5) is 0.328. The fraction of sp³-hybridized carbons (Fsp3) is 0.538. The van der Waals surface area contributed by atoms with Gasteiger partial charge in [-0.05, 0) is 18.6 Å². The number of benzene rings is 1. The minimum atomic E-state index is -3.46. The van der Waals surface area contributed by atoms with Crippen LogP contribution in [0.3, 0.4) is 0 Å². The number of hydrogen-bond donors (Lipinski definition) is 1. The zero-order valence-corrected chi connectivity index (χ0v) is 12.1. The maximum atomic E-state index is 12.7. The Morgan fingerprint density at radius 3 is 2.84 bits per heavy atom. The minimum absolute atomic E-state index is 0.00901. The third-order valence-corrected chi connectivity index (χ3v) is 5.25. The molecule has 5 nitrogen and oxygen atoms in total. The monoisotopic (exact) mass is 284 g/mol. The molecule has 1 aliphatic rings. The van der Waals surface area contributed by atoms with Crippen LogP contribution in [0.5, 0.6) is 0 Å². The van der Waals surface area contributed by atoms with Crippen molar-refractivity contribution in [2.75, 3.05) is 32.1 Å². The maximum Gasteiger partial charge on any atom is 0.245 e. The lowest BCUT2D eigenvalue weighted by atomic mass is 10.2. The number of nitrogens with zero attached hydrogens (tertiary/aromatic N) is 1. The van der Waals surface area contributed by atoms with Gasteiger partial charge in [0, 0.05) is 20.1 Å². The van der Waals surface area contributed by atoms with Crippen molar-refractivity contribution in [3.8, 4) is 0 Å². The predicted molar refractivity (Wildman–Crippen MR) is 74.8 cm³/mol. The largest absolute Gasteiger partial charge is 0.387 e. The average molecular weight is 284 g/mol. The van der Waals surface area contributed by atoms with Gasteiger partial charge in [-0.15, -0.1) is 0 Å². The van der Waals surface area contributed by atoms with Crippen LogP contribution in [0.15, 0.2) is 29.2 Å². The molecule has 106 valence electrons. The van der Waals surface area contributed by atoms with Crippen LogP contribution in [0, 0.1) is 0 Å². The second-order valence-electron chi connectivity index (χ2n) is 4.51. The van der Waals surface area contributed by atoms with E-state index in [1.165, 1.54) is 4.31 Å². The molecule has 6 heteroatoms.